The molecule has 0 aliphatic carbocycles. The predicted molar refractivity (Wildman–Crippen MR) is 99.7 cm³/mol. The van der Waals surface area contributed by atoms with Gasteiger partial charge in [-0.25, -0.2) is 8.70 Å². The molecule has 9 heteroatoms. The Balaban J connectivity index is 2.14. The molecule has 0 aliphatic rings. The van der Waals surface area contributed by atoms with Crippen LogP contribution in [0.15, 0.2) is 48.5 Å². The normalized spacial score (nSPS) is 11.4. The van der Waals surface area contributed by atoms with Crippen molar-refractivity contribution >= 4 is 33.4 Å². The van der Waals surface area contributed by atoms with Crippen molar-refractivity contribution in [1.29, 1.82) is 0 Å². The third kappa shape index (κ3) is 5.17. The highest BCUT2D eigenvalue weighted by molar-refractivity contribution is 7.90. The van der Waals surface area contributed by atoms with Gasteiger partial charge in [-0.2, -0.15) is 12.7 Å². The molecule has 0 spiro atoms. The summed E-state index contributed by atoms with van der Waals surface area (Å²) in [5.74, 6) is -0.988. The van der Waals surface area contributed by atoms with E-state index in [1.54, 1.807) is 24.3 Å². The Morgan fingerprint density at radius 2 is 1.65 bits per heavy atom. The first kappa shape index (κ1) is 20.2. The fourth-order valence-corrected chi connectivity index (χ4v) is 3.29. The lowest BCUT2D eigenvalue weighted by molar-refractivity contribution is -0.119. The van der Waals surface area contributed by atoms with Crippen molar-refractivity contribution < 1.29 is 17.6 Å². The summed E-state index contributed by atoms with van der Waals surface area (Å²) in [4.78, 5) is 12.3. The van der Waals surface area contributed by atoms with Crippen LogP contribution in [0.3, 0.4) is 0 Å². The molecule has 0 aliphatic heterocycles. The third-order valence-corrected chi connectivity index (χ3v) is 5.62. The molecule has 26 heavy (non-hydrogen) atoms. The summed E-state index contributed by atoms with van der Waals surface area (Å²) in [7, 11) is -1.21. The van der Waals surface area contributed by atoms with Crippen LogP contribution in [0.1, 0.15) is 5.56 Å². The lowest BCUT2D eigenvalue weighted by Gasteiger charge is -2.26. The second kappa shape index (κ2) is 8.48. The molecule has 0 aromatic heterocycles. The van der Waals surface area contributed by atoms with E-state index in [4.69, 9.17) is 11.6 Å². The van der Waals surface area contributed by atoms with E-state index in [0.717, 1.165) is 26.3 Å². The summed E-state index contributed by atoms with van der Waals surface area (Å²) in [5, 5.41) is 3.24. The van der Waals surface area contributed by atoms with E-state index in [9.17, 15) is 17.6 Å². The lowest BCUT2D eigenvalue weighted by Crippen LogP contribution is -2.45. The number of nitrogens with zero attached hydrogens (tertiary/aromatic N) is 2. The largest absolute Gasteiger partial charge is 0.350 e. The quantitative estimate of drug-likeness (QED) is 0.777. The first-order valence-electron chi connectivity index (χ1n) is 7.67. The second-order valence-corrected chi connectivity index (χ2v) is 8.18. The smallest absolute Gasteiger partial charge is 0.304 e. The van der Waals surface area contributed by atoms with Crippen LogP contribution >= 0.6 is 11.6 Å². The van der Waals surface area contributed by atoms with E-state index in [1.807, 2.05) is 0 Å². The minimum atomic E-state index is -3.92. The Kier molecular flexibility index (Phi) is 6.57. The second-order valence-electron chi connectivity index (χ2n) is 5.68. The summed E-state index contributed by atoms with van der Waals surface area (Å²) < 4.78 is 40.1. The topological polar surface area (TPSA) is 69.7 Å². The Morgan fingerprint density at radius 3 is 2.19 bits per heavy atom. The number of carbonyl (C=O) groups excluding carboxylic acids is 1. The van der Waals surface area contributed by atoms with Crippen LogP contribution in [0.4, 0.5) is 10.1 Å². The number of rotatable bonds is 7. The molecular weight excluding hydrogens is 381 g/mol. The van der Waals surface area contributed by atoms with Crippen molar-refractivity contribution in [3.8, 4) is 0 Å². The Morgan fingerprint density at radius 1 is 1.08 bits per heavy atom. The van der Waals surface area contributed by atoms with E-state index < -0.39 is 28.5 Å². The lowest BCUT2D eigenvalue weighted by atomic mass is 10.2. The van der Waals surface area contributed by atoms with Gasteiger partial charge in [0.15, 0.2) is 0 Å². The highest BCUT2D eigenvalue weighted by atomic mass is 35.5. The number of amides is 1. The molecule has 140 valence electrons. The number of benzene rings is 2. The van der Waals surface area contributed by atoms with Gasteiger partial charge < -0.3 is 5.32 Å². The maximum Gasteiger partial charge on any atom is 0.304 e. The summed E-state index contributed by atoms with van der Waals surface area (Å²) in [6.45, 7) is -0.199. The van der Waals surface area contributed by atoms with Crippen molar-refractivity contribution in [1.82, 2.24) is 9.62 Å². The monoisotopic (exact) mass is 399 g/mol. The molecule has 2 aromatic carbocycles. The molecule has 6 nitrogen and oxygen atoms in total. The highest BCUT2D eigenvalue weighted by Gasteiger charge is 2.27. The fraction of sp³-hybridized carbons (Fsp3) is 0.235. The van der Waals surface area contributed by atoms with Gasteiger partial charge in [-0.3, -0.25) is 4.79 Å². The van der Waals surface area contributed by atoms with Gasteiger partial charge in [0.2, 0.25) is 5.91 Å². The number of hydrogen-bond donors (Lipinski definition) is 1. The SMILES string of the molecule is CN(C)S(=O)(=O)N(CC(=O)NCc1ccc(Cl)cc1)c1ccc(F)cc1. The Bertz CT molecular complexity index is 856. The molecule has 0 radical (unpaired) electrons. The van der Waals surface area contributed by atoms with Crippen molar-refractivity contribution in [2.45, 2.75) is 6.54 Å². The molecule has 0 atom stereocenters. The van der Waals surface area contributed by atoms with Crippen LogP contribution in [0, 0.1) is 5.82 Å². The van der Waals surface area contributed by atoms with Crippen molar-refractivity contribution in [3.63, 3.8) is 0 Å². The Hall–Kier alpha value is -2.16. The molecule has 0 unspecified atom stereocenters. The first-order valence-corrected chi connectivity index (χ1v) is 9.44. The van der Waals surface area contributed by atoms with Gasteiger partial charge in [0, 0.05) is 25.7 Å². The van der Waals surface area contributed by atoms with E-state index in [-0.39, 0.29) is 12.2 Å². The minimum Gasteiger partial charge on any atom is -0.350 e. The summed E-state index contributed by atoms with van der Waals surface area (Å²) >= 11 is 5.81. The summed E-state index contributed by atoms with van der Waals surface area (Å²) in [6, 6.07) is 11.8. The van der Waals surface area contributed by atoms with E-state index in [0.29, 0.717) is 5.02 Å². The van der Waals surface area contributed by atoms with Crippen LogP contribution in [0.5, 0.6) is 0 Å². The van der Waals surface area contributed by atoms with Gasteiger partial charge in [0.1, 0.15) is 12.4 Å². The first-order chi connectivity index (χ1) is 12.2. The summed E-state index contributed by atoms with van der Waals surface area (Å²) in [6.07, 6.45) is 0. The van der Waals surface area contributed by atoms with Crippen LogP contribution in [0.2, 0.25) is 5.02 Å². The molecule has 0 fully saturated rings. The van der Waals surface area contributed by atoms with Gasteiger partial charge in [0.05, 0.1) is 5.69 Å². The van der Waals surface area contributed by atoms with Crippen LogP contribution in [0.25, 0.3) is 0 Å². The average molecular weight is 400 g/mol. The average Bonchev–Trinajstić information content (AvgIpc) is 2.60. The standard InChI is InChI=1S/C17H19ClFN3O3S/c1-21(2)26(24,25)22(16-9-7-15(19)8-10-16)12-17(23)20-11-13-3-5-14(18)6-4-13/h3-10H,11-12H2,1-2H3,(H,20,23). The number of nitrogens with one attached hydrogen (secondary N) is 1. The molecule has 1 N–H and O–H groups in total. The van der Waals surface area contributed by atoms with Gasteiger partial charge >= 0.3 is 10.2 Å². The van der Waals surface area contributed by atoms with Crippen molar-refractivity contribution in [2.75, 3.05) is 24.9 Å². The molecule has 2 aromatic rings. The molecular formula is C17H19ClFN3O3S. The van der Waals surface area contributed by atoms with Gasteiger partial charge in [-0.05, 0) is 42.0 Å². The van der Waals surface area contributed by atoms with Gasteiger partial charge in [0.25, 0.3) is 0 Å². The Labute approximate surface area is 157 Å². The minimum absolute atomic E-state index is 0.196. The van der Waals surface area contributed by atoms with E-state index >= 15 is 0 Å². The van der Waals surface area contributed by atoms with Crippen molar-refractivity contribution in [2.24, 2.45) is 0 Å². The zero-order valence-corrected chi connectivity index (χ0v) is 15.9. The molecule has 0 saturated carbocycles. The molecule has 2 rings (SSSR count). The molecule has 0 heterocycles. The number of anilines is 1. The van der Waals surface area contributed by atoms with Crippen LogP contribution in [-0.2, 0) is 21.5 Å². The number of carbonyl (C=O) groups is 1. The van der Waals surface area contributed by atoms with Gasteiger partial charge in [-0.1, -0.05) is 23.7 Å². The van der Waals surface area contributed by atoms with E-state index in [1.165, 1.54) is 26.2 Å². The third-order valence-electron chi connectivity index (χ3n) is 3.54. The fourth-order valence-electron chi connectivity index (χ4n) is 2.10. The molecule has 1 amide bonds. The summed E-state index contributed by atoms with van der Waals surface area (Å²) in [5.41, 5.74) is 1.02. The van der Waals surface area contributed by atoms with Gasteiger partial charge in [-0.15, -0.1) is 0 Å². The predicted octanol–water partition coefficient (Wildman–Crippen LogP) is 2.41. The number of hydrogen-bond acceptors (Lipinski definition) is 3. The van der Waals surface area contributed by atoms with Crippen molar-refractivity contribution in [3.05, 3.63) is 64.9 Å². The van der Waals surface area contributed by atoms with Crippen LogP contribution in [-0.4, -0.2) is 39.3 Å². The zero-order valence-electron chi connectivity index (χ0n) is 14.3. The zero-order chi connectivity index (χ0) is 19.3. The highest BCUT2D eigenvalue weighted by Crippen LogP contribution is 2.19. The maximum absolute atomic E-state index is 13.1. The van der Waals surface area contributed by atoms with Crippen LogP contribution < -0.4 is 9.62 Å². The molecule has 0 bridgehead atoms. The number of halogens is 2. The maximum atomic E-state index is 13.1. The van der Waals surface area contributed by atoms with E-state index in [2.05, 4.69) is 5.32 Å². The molecule has 0 saturated heterocycles.